The van der Waals surface area contributed by atoms with Gasteiger partial charge in [0, 0.05) is 38.5 Å². The van der Waals surface area contributed by atoms with E-state index in [-0.39, 0.29) is 0 Å². The van der Waals surface area contributed by atoms with Crippen molar-refractivity contribution in [1.29, 1.82) is 0 Å². The molecule has 0 aliphatic rings. The fourth-order valence-corrected chi connectivity index (χ4v) is 10.1. The van der Waals surface area contributed by atoms with Gasteiger partial charge in [0.1, 0.15) is 11.2 Å². The first-order chi connectivity index (χ1) is 32.2. The van der Waals surface area contributed by atoms with Crippen molar-refractivity contribution >= 4 is 82.4 Å². The average Bonchev–Trinajstić information content (AvgIpc) is 3.94. The largest absolute Gasteiger partial charge is 0.455 e. The Morgan fingerprint density at radius 3 is 1.78 bits per heavy atom. The minimum atomic E-state index is 0.861. The van der Waals surface area contributed by atoms with Crippen LogP contribution in [0.1, 0.15) is 0 Å². The topological polar surface area (TPSA) is 21.3 Å². The fraction of sp³-hybridized carbons (Fsp3) is 0. The van der Waals surface area contributed by atoms with Crippen LogP contribution in [-0.4, -0.2) is 4.57 Å². The second-order valence-corrected chi connectivity index (χ2v) is 16.8. The van der Waals surface area contributed by atoms with Gasteiger partial charge in [0.25, 0.3) is 0 Å². The van der Waals surface area contributed by atoms with Crippen LogP contribution in [0.25, 0.3) is 104 Å². The lowest BCUT2D eigenvalue weighted by Gasteiger charge is -2.28. The third-order valence-corrected chi connectivity index (χ3v) is 13.2. The van der Waals surface area contributed by atoms with Gasteiger partial charge < -0.3 is 13.9 Å². The van der Waals surface area contributed by atoms with E-state index < -0.39 is 0 Å². The summed E-state index contributed by atoms with van der Waals surface area (Å²) >= 11 is 0. The molecule has 0 amide bonds. The van der Waals surface area contributed by atoms with E-state index in [1.54, 1.807) is 0 Å². The molecule has 0 unspecified atom stereocenters. The highest BCUT2D eigenvalue weighted by Crippen LogP contribution is 2.48. The summed E-state index contributed by atoms with van der Waals surface area (Å²) < 4.78 is 9.27. The van der Waals surface area contributed by atoms with Crippen molar-refractivity contribution in [2.45, 2.75) is 0 Å². The van der Waals surface area contributed by atoms with E-state index in [1.807, 2.05) is 0 Å². The van der Waals surface area contributed by atoms with Crippen molar-refractivity contribution < 1.29 is 4.42 Å². The van der Waals surface area contributed by atoms with Gasteiger partial charge >= 0.3 is 0 Å². The molecule has 13 aromatic rings. The number of benzene rings is 11. The summed E-state index contributed by atoms with van der Waals surface area (Å²) in [6.45, 7) is 0. The molecule has 0 fully saturated rings. The van der Waals surface area contributed by atoms with E-state index in [0.717, 1.165) is 61.4 Å². The highest BCUT2D eigenvalue weighted by atomic mass is 16.3. The van der Waals surface area contributed by atoms with Crippen LogP contribution in [0.3, 0.4) is 0 Å². The Bertz CT molecular complexity index is 3920. The molecule has 3 nitrogen and oxygen atoms in total. The minimum absolute atomic E-state index is 0.861. The minimum Gasteiger partial charge on any atom is -0.455 e. The second kappa shape index (κ2) is 15.0. The zero-order chi connectivity index (χ0) is 42.8. The number of nitrogens with zero attached hydrogens (tertiary/aromatic N) is 2. The molecule has 0 atom stereocenters. The number of hydrogen-bond acceptors (Lipinski definition) is 2. The molecule has 0 bridgehead atoms. The summed E-state index contributed by atoms with van der Waals surface area (Å²) in [4.78, 5) is 2.43. The van der Waals surface area contributed by atoms with Crippen molar-refractivity contribution in [3.05, 3.63) is 243 Å². The Hall–Kier alpha value is -8.66. The second-order valence-electron chi connectivity index (χ2n) is 16.8. The molecule has 0 N–H and O–H groups in total. The van der Waals surface area contributed by atoms with Gasteiger partial charge in [0.05, 0.1) is 27.8 Å². The molecule has 0 aliphatic heterocycles. The van der Waals surface area contributed by atoms with Gasteiger partial charge in [-0.25, -0.2) is 0 Å². The van der Waals surface area contributed by atoms with Crippen molar-refractivity contribution in [1.82, 2.24) is 4.57 Å². The van der Waals surface area contributed by atoms with Crippen molar-refractivity contribution in [3.8, 4) is 39.1 Å². The highest BCUT2D eigenvalue weighted by molar-refractivity contribution is 6.19. The van der Waals surface area contributed by atoms with Crippen LogP contribution >= 0.6 is 0 Å². The third-order valence-electron chi connectivity index (χ3n) is 13.2. The molecular formula is C62H40N2O. The van der Waals surface area contributed by atoms with Crippen LogP contribution in [0.4, 0.5) is 17.1 Å². The molecule has 0 spiro atoms. The SMILES string of the molecule is c1ccc(-c2ccc(-c3ccc(N(c4ccc(-c5ccc6c(c5)c5ccccc5n6-c5ccccc5)cc4)c4cccc5c4ccc4ccccc45)c4c3oc3ccccc34)cc2)cc1. The number of furan rings is 1. The number of aromatic nitrogens is 1. The standard InChI is InChI=1S/C62H40N2O/c1-3-14-41(15-4-1)42-26-28-45(29-27-42)50-37-39-59(61-54-21-10-12-25-60(54)65-62(50)61)64(57-24-13-22-51-49-19-8-7-16-44(49)32-36-53(51)57)48-34-30-43(31-35-48)46-33-38-58-55(40-46)52-20-9-11-23-56(52)63(58)47-17-5-2-6-18-47/h1-40H. The molecule has 13 rings (SSSR count). The normalized spacial score (nSPS) is 11.7. The molecule has 0 radical (unpaired) electrons. The van der Waals surface area contributed by atoms with E-state index in [2.05, 4.69) is 252 Å². The molecule has 11 aromatic carbocycles. The Morgan fingerprint density at radius 2 is 0.954 bits per heavy atom. The van der Waals surface area contributed by atoms with Gasteiger partial charge in [-0.2, -0.15) is 0 Å². The fourth-order valence-electron chi connectivity index (χ4n) is 10.1. The van der Waals surface area contributed by atoms with E-state index >= 15 is 0 Å². The quantitative estimate of drug-likeness (QED) is 0.149. The monoisotopic (exact) mass is 828 g/mol. The number of rotatable bonds is 7. The van der Waals surface area contributed by atoms with Gasteiger partial charge in [0.15, 0.2) is 0 Å². The summed E-state index contributed by atoms with van der Waals surface area (Å²) in [5.41, 5.74) is 15.4. The number of fused-ring (bicyclic) bond motifs is 9. The zero-order valence-electron chi connectivity index (χ0n) is 35.4. The molecule has 2 heterocycles. The summed E-state index contributed by atoms with van der Waals surface area (Å²) in [5, 5.41) is 9.49. The van der Waals surface area contributed by atoms with Crippen LogP contribution < -0.4 is 4.90 Å². The van der Waals surface area contributed by atoms with E-state index in [1.165, 1.54) is 60.0 Å². The van der Waals surface area contributed by atoms with Gasteiger partial charge in [-0.3, -0.25) is 0 Å². The summed E-state index contributed by atoms with van der Waals surface area (Å²) in [7, 11) is 0. The number of anilines is 3. The lowest BCUT2D eigenvalue weighted by molar-refractivity contribution is 0.670. The molecule has 65 heavy (non-hydrogen) atoms. The smallest absolute Gasteiger partial charge is 0.145 e. The molecular weight excluding hydrogens is 789 g/mol. The first-order valence-corrected chi connectivity index (χ1v) is 22.2. The summed E-state index contributed by atoms with van der Waals surface area (Å²) in [6.07, 6.45) is 0. The molecule has 2 aromatic heterocycles. The van der Waals surface area contributed by atoms with Gasteiger partial charge in [-0.15, -0.1) is 0 Å². The molecule has 0 saturated carbocycles. The van der Waals surface area contributed by atoms with Crippen LogP contribution in [0, 0.1) is 0 Å². The van der Waals surface area contributed by atoms with E-state index in [0.29, 0.717) is 0 Å². The van der Waals surface area contributed by atoms with Crippen LogP contribution in [-0.2, 0) is 0 Å². The maximum absolute atomic E-state index is 6.90. The van der Waals surface area contributed by atoms with Gasteiger partial charge in [-0.1, -0.05) is 176 Å². The highest BCUT2D eigenvalue weighted by Gasteiger charge is 2.24. The van der Waals surface area contributed by atoms with Crippen molar-refractivity contribution in [3.63, 3.8) is 0 Å². The average molecular weight is 829 g/mol. The Labute approximate surface area is 376 Å². The van der Waals surface area contributed by atoms with Crippen LogP contribution in [0.2, 0.25) is 0 Å². The first kappa shape index (κ1) is 36.9. The van der Waals surface area contributed by atoms with Crippen molar-refractivity contribution in [2.75, 3.05) is 4.90 Å². The van der Waals surface area contributed by atoms with Gasteiger partial charge in [-0.05, 0) is 111 Å². The Balaban J connectivity index is 0.996. The molecule has 304 valence electrons. The molecule has 3 heteroatoms. The molecule has 0 saturated heterocycles. The predicted molar refractivity (Wildman–Crippen MR) is 274 cm³/mol. The predicted octanol–water partition coefficient (Wildman–Crippen LogP) is 17.5. The summed E-state index contributed by atoms with van der Waals surface area (Å²) in [5.74, 6) is 0. The Morgan fingerprint density at radius 1 is 0.338 bits per heavy atom. The van der Waals surface area contributed by atoms with Crippen LogP contribution in [0.5, 0.6) is 0 Å². The zero-order valence-corrected chi connectivity index (χ0v) is 35.4. The van der Waals surface area contributed by atoms with E-state index in [9.17, 15) is 0 Å². The number of para-hydroxylation sites is 3. The maximum Gasteiger partial charge on any atom is 0.145 e. The van der Waals surface area contributed by atoms with Crippen LogP contribution in [0.15, 0.2) is 247 Å². The van der Waals surface area contributed by atoms with E-state index in [4.69, 9.17) is 4.42 Å². The lowest BCUT2D eigenvalue weighted by atomic mass is 9.96. The summed E-state index contributed by atoms with van der Waals surface area (Å²) in [6, 6.07) is 87.6. The third kappa shape index (κ3) is 6.05. The Kier molecular flexibility index (Phi) is 8.53. The number of hydrogen-bond donors (Lipinski definition) is 0. The molecule has 0 aliphatic carbocycles. The van der Waals surface area contributed by atoms with Gasteiger partial charge in [0.2, 0.25) is 0 Å². The van der Waals surface area contributed by atoms with Crippen molar-refractivity contribution in [2.24, 2.45) is 0 Å². The lowest BCUT2D eigenvalue weighted by Crippen LogP contribution is -2.11. The maximum atomic E-state index is 6.90. The first-order valence-electron chi connectivity index (χ1n) is 22.2.